The summed E-state index contributed by atoms with van der Waals surface area (Å²) in [5.74, 6) is 1.65. The number of ether oxygens (including phenoxy) is 2. The second kappa shape index (κ2) is 16.1. The highest BCUT2D eigenvalue weighted by Gasteiger charge is 2.30. The molecule has 8 nitrogen and oxygen atoms in total. The Bertz CT molecular complexity index is 1510. The predicted molar refractivity (Wildman–Crippen MR) is 166 cm³/mol. The van der Waals surface area contributed by atoms with Gasteiger partial charge in [0, 0.05) is 17.7 Å². The van der Waals surface area contributed by atoms with Crippen molar-refractivity contribution in [2.75, 3.05) is 13.2 Å². The monoisotopic (exact) mass is 623 g/mol. The van der Waals surface area contributed by atoms with Gasteiger partial charge in [-0.3, -0.25) is 4.79 Å². The van der Waals surface area contributed by atoms with Gasteiger partial charge in [0.1, 0.15) is 29.8 Å². The number of amides is 1. The molecule has 0 aliphatic carbocycles. The number of hydrogen-bond acceptors (Lipinski definition) is 6. The van der Waals surface area contributed by atoms with E-state index in [0.717, 1.165) is 41.9 Å². The van der Waals surface area contributed by atoms with Crippen LogP contribution >= 0.6 is 0 Å². The number of rotatable bonds is 16. The van der Waals surface area contributed by atoms with Gasteiger partial charge in [0.15, 0.2) is 0 Å². The van der Waals surface area contributed by atoms with Crippen LogP contribution in [0.5, 0.6) is 11.5 Å². The lowest BCUT2D eigenvalue weighted by Crippen LogP contribution is -2.32. The fraction of sp³-hybridized carbons (Fsp3) is 0.382. The number of alkyl halides is 3. The van der Waals surface area contributed by atoms with Gasteiger partial charge in [-0.15, -0.1) is 5.10 Å². The Morgan fingerprint density at radius 3 is 2.18 bits per heavy atom. The van der Waals surface area contributed by atoms with E-state index in [4.69, 9.17) is 15.2 Å². The third-order valence-corrected chi connectivity index (χ3v) is 7.25. The van der Waals surface area contributed by atoms with E-state index in [0.29, 0.717) is 48.9 Å². The molecule has 1 amide bonds. The minimum Gasteiger partial charge on any atom is -0.493 e. The summed E-state index contributed by atoms with van der Waals surface area (Å²) in [4.78, 5) is 13.2. The molecular weight excluding hydrogens is 583 g/mol. The second-order valence-electron chi connectivity index (χ2n) is 11.2. The number of nitrogens with one attached hydrogen (secondary N) is 1. The Hall–Kier alpha value is -4.38. The number of nitrogens with zero attached hydrogens (tertiary/aromatic N) is 3. The van der Waals surface area contributed by atoms with Crippen molar-refractivity contribution in [2.24, 2.45) is 11.7 Å². The summed E-state index contributed by atoms with van der Waals surface area (Å²) in [7, 11) is 0. The van der Waals surface area contributed by atoms with Crippen LogP contribution in [0, 0.1) is 5.92 Å². The number of nitrogens with two attached hydrogens (primary N) is 1. The summed E-state index contributed by atoms with van der Waals surface area (Å²) < 4.78 is 52.5. The molecule has 0 radical (unpaired) electrons. The molecular formula is C34H40F3N5O3. The molecule has 0 spiro atoms. The number of aromatic nitrogens is 3. The summed E-state index contributed by atoms with van der Waals surface area (Å²) in [6, 6.07) is 19.6. The maximum Gasteiger partial charge on any atom is 0.416 e. The molecule has 0 saturated heterocycles. The Morgan fingerprint density at radius 2 is 1.56 bits per heavy atom. The number of carbonyl (C=O) groups excluding carboxylic acids is 1. The summed E-state index contributed by atoms with van der Waals surface area (Å²) in [5.41, 5.74) is 7.81. The molecule has 0 bridgehead atoms. The number of halogens is 3. The first kappa shape index (κ1) is 33.5. The molecule has 0 fully saturated rings. The van der Waals surface area contributed by atoms with Crippen LogP contribution in [-0.2, 0) is 24.1 Å². The highest BCUT2D eigenvalue weighted by Crippen LogP contribution is 2.37. The van der Waals surface area contributed by atoms with Gasteiger partial charge in [-0.1, -0.05) is 67.6 Å². The van der Waals surface area contributed by atoms with Crippen molar-refractivity contribution in [3.8, 4) is 22.6 Å². The van der Waals surface area contributed by atoms with Crippen LogP contribution in [0.25, 0.3) is 11.1 Å². The van der Waals surface area contributed by atoms with E-state index in [2.05, 4.69) is 29.5 Å². The Morgan fingerprint density at radius 1 is 0.911 bits per heavy atom. The normalized spacial score (nSPS) is 12.2. The van der Waals surface area contributed by atoms with Crippen LogP contribution in [0.3, 0.4) is 0 Å². The van der Waals surface area contributed by atoms with Gasteiger partial charge in [-0.05, 0) is 68.0 Å². The third-order valence-electron chi connectivity index (χ3n) is 7.25. The second-order valence-corrected chi connectivity index (χ2v) is 11.2. The van der Waals surface area contributed by atoms with Crippen molar-refractivity contribution in [2.45, 2.75) is 64.9 Å². The molecule has 0 aliphatic rings. The minimum absolute atomic E-state index is 0.0778. The molecule has 3 aromatic carbocycles. The van der Waals surface area contributed by atoms with Crippen molar-refractivity contribution >= 4 is 5.91 Å². The maximum absolute atomic E-state index is 13.2. The van der Waals surface area contributed by atoms with Crippen LogP contribution in [0.4, 0.5) is 13.2 Å². The summed E-state index contributed by atoms with van der Waals surface area (Å²) in [6.45, 7) is 5.62. The number of para-hydroxylation sites is 2. The van der Waals surface area contributed by atoms with Crippen LogP contribution in [-0.4, -0.2) is 34.1 Å². The molecule has 1 atom stereocenters. The summed E-state index contributed by atoms with van der Waals surface area (Å²) in [6.07, 6.45) is 0.0901. The molecule has 4 aromatic rings. The number of hydrogen-bond donors (Lipinski definition) is 2. The van der Waals surface area contributed by atoms with E-state index >= 15 is 0 Å². The molecule has 4 rings (SSSR count). The quantitative estimate of drug-likeness (QED) is 0.131. The zero-order valence-corrected chi connectivity index (χ0v) is 25.6. The van der Waals surface area contributed by atoms with Gasteiger partial charge in [0.25, 0.3) is 0 Å². The Balaban J connectivity index is 1.43. The Kier molecular flexibility index (Phi) is 12.0. The molecule has 0 aliphatic heterocycles. The maximum atomic E-state index is 13.2. The first-order chi connectivity index (χ1) is 21.7. The number of unbranched alkanes of at least 4 members (excludes halogenated alkanes) is 1. The zero-order chi connectivity index (χ0) is 32.2. The topological polar surface area (TPSA) is 104 Å². The smallest absolute Gasteiger partial charge is 0.416 e. The van der Waals surface area contributed by atoms with E-state index < -0.39 is 17.8 Å². The van der Waals surface area contributed by atoms with Gasteiger partial charge in [-0.2, -0.15) is 13.2 Å². The molecule has 3 N–H and O–H groups in total. The van der Waals surface area contributed by atoms with E-state index in [1.807, 2.05) is 48.5 Å². The summed E-state index contributed by atoms with van der Waals surface area (Å²) in [5, 5.41) is 11.3. The van der Waals surface area contributed by atoms with Gasteiger partial charge in [0.05, 0.1) is 18.4 Å². The molecule has 1 aromatic heterocycles. The molecule has 240 valence electrons. The van der Waals surface area contributed by atoms with Crippen LogP contribution < -0.4 is 20.5 Å². The van der Waals surface area contributed by atoms with Crippen LogP contribution in [0.1, 0.15) is 62.4 Å². The lowest BCUT2D eigenvalue weighted by atomic mass is 10.0. The lowest BCUT2D eigenvalue weighted by Gasteiger charge is -2.17. The molecule has 45 heavy (non-hydrogen) atoms. The van der Waals surface area contributed by atoms with Gasteiger partial charge < -0.3 is 20.5 Å². The standard InChI is InChI=1S/C34H40F3N5O3/c1-24(2)18-20-44-31-12-5-3-9-28(31)29-10-4-6-13-32(29)45-23-27-22-42(41-40-27)30(11-7-8-19-38)33(43)39-21-25-14-16-26(17-15-25)34(35,36)37/h3-6,9-10,12-17,22,24,30H,7-8,11,18-21,23,38H2,1-2H3,(H,39,43)/t30-/m1/s1. The number of carbonyl (C=O) groups is 1. The first-order valence-corrected chi connectivity index (χ1v) is 15.1. The van der Waals surface area contributed by atoms with Crippen molar-refractivity contribution in [1.29, 1.82) is 0 Å². The third kappa shape index (κ3) is 9.81. The van der Waals surface area contributed by atoms with Crippen LogP contribution in [0.2, 0.25) is 0 Å². The zero-order valence-electron chi connectivity index (χ0n) is 25.6. The highest BCUT2D eigenvalue weighted by molar-refractivity contribution is 5.80. The largest absolute Gasteiger partial charge is 0.493 e. The lowest BCUT2D eigenvalue weighted by molar-refractivity contribution is -0.137. The predicted octanol–water partition coefficient (Wildman–Crippen LogP) is 6.95. The van der Waals surface area contributed by atoms with E-state index in [-0.39, 0.29) is 19.1 Å². The molecule has 11 heteroatoms. The van der Waals surface area contributed by atoms with Crippen LogP contribution in [0.15, 0.2) is 79.0 Å². The van der Waals surface area contributed by atoms with Gasteiger partial charge in [0.2, 0.25) is 5.91 Å². The minimum atomic E-state index is -4.42. The van der Waals surface area contributed by atoms with Crippen molar-refractivity contribution in [3.05, 3.63) is 95.8 Å². The average Bonchev–Trinajstić information content (AvgIpc) is 3.49. The fourth-order valence-electron chi connectivity index (χ4n) is 4.70. The van der Waals surface area contributed by atoms with E-state index in [9.17, 15) is 18.0 Å². The first-order valence-electron chi connectivity index (χ1n) is 15.1. The van der Waals surface area contributed by atoms with Crippen molar-refractivity contribution < 1.29 is 27.4 Å². The molecule has 1 heterocycles. The SMILES string of the molecule is CC(C)CCOc1ccccc1-c1ccccc1OCc1cn([C@H](CCCCN)C(=O)NCc2ccc(C(F)(F)F)cc2)nn1. The summed E-state index contributed by atoms with van der Waals surface area (Å²) >= 11 is 0. The van der Waals surface area contributed by atoms with Gasteiger partial charge in [-0.25, -0.2) is 4.68 Å². The average molecular weight is 624 g/mol. The highest BCUT2D eigenvalue weighted by atomic mass is 19.4. The van der Waals surface area contributed by atoms with Crippen molar-refractivity contribution in [3.63, 3.8) is 0 Å². The Labute approximate surface area is 261 Å². The van der Waals surface area contributed by atoms with Crippen molar-refractivity contribution in [1.82, 2.24) is 20.3 Å². The van der Waals surface area contributed by atoms with E-state index in [1.165, 1.54) is 16.8 Å². The van der Waals surface area contributed by atoms with E-state index in [1.54, 1.807) is 6.20 Å². The molecule has 0 saturated carbocycles. The molecule has 0 unspecified atom stereocenters. The number of benzene rings is 3. The fourth-order valence-corrected chi connectivity index (χ4v) is 4.70. The van der Waals surface area contributed by atoms with Gasteiger partial charge >= 0.3 is 6.18 Å².